The van der Waals surface area contributed by atoms with E-state index in [1.165, 1.54) is 6.92 Å². The molecule has 1 unspecified atom stereocenters. The van der Waals surface area contributed by atoms with Gasteiger partial charge >= 0.3 is 0 Å². The Bertz CT molecular complexity index is 393. The van der Waals surface area contributed by atoms with Crippen LogP contribution in [0.5, 0.6) is 5.75 Å². The number of amides is 1. The Morgan fingerprint density at radius 1 is 1.59 bits per heavy atom. The first kappa shape index (κ1) is 14.0. The van der Waals surface area contributed by atoms with Gasteiger partial charge in [-0.05, 0) is 47.0 Å². The molecule has 1 rings (SSSR count). The number of carbonyl (C=O) groups excluding carboxylic acids is 1. The Morgan fingerprint density at radius 2 is 2.29 bits per heavy atom. The molecule has 0 aliphatic rings. The summed E-state index contributed by atoms with van der Waals surface area (Å²) >= 11 is 3.40. The Kier molecular flexibility index (Phi) is 5.44. The fourth-order valence-electron chi connectivity index (χ4n) is 1.34. The lowest BCUT2D eigenvalue weighted by atomic mass is 10.1. The third-order valence-electron chi connectivity index (χ3n) is 2.31. The molecule has 1 amide bonds. The van der Waals surface area contributed by atoms with Crippen LogP contribution < -0.4 is 10.1 Å². The fourth-order valence-corrected chi connectivity index (χ4v) is 1.93. The van der Waals surface area contributed by atoms with E-state index in [4.69, 9.17) is 9.84 Å². The van der Waals surface area contributed by atoms with Crippen LogP contribution in [0.1, 0.15) is 12.5 Å². The van der Waals surface area contributed by atoms with Crippen molar-refractivity contribution in [2.24, 2.45) is 0 Å². The van der Waals surface area contributed by atoms with Crippen molar-refractivity contribution in [1.29, 1.82) is 0 Å². The maximum Gasteiger partial charge on any atom is 0.248 e. The lowest BCUT2D eigenvalue weighted by molar-refractivity contribution is -0.128. The zero-order valence-corrected chi connectivity index (χ0v) is 11.5. The van der Waals surface area contributed by atoms with Crippen LogP contribution in [0.3, 0.4) is 0 Å². The number of ether oxygens (including phenoxy) is 1. The van der Waals surface area contributed by atoms with E-state index in [-0.39, 0.29) is 5.91 Å². The summed E-state index contributed by atoms with van der Waals surface area (Å²) in [5.41, 5.74) is 1.09. The number of nitrogens with one attached hydrogen (secondary N) is 1. The van der Waals surface area contributed by atoms with Gasteiger partial charge < -0.3 is 15.2 Å². The van der Waals surface area contributed by atoms with E-state index in [0.29, 0.717) is 13.0 Å². The van der Waals surface area contributed by atoms with E-state index in [1.807, 2.05) is 18.2 Å². The highest BCUT2D eigenvalue weighted by atomic mass is 79.9. The summed E-state index contributed by atoms with van der Waals surface area (Å²) in [6.07, 6.45) is -0.251. The minimum absolute atomic E-state index is 0.349. The van der Waals surface area contributed by atoms with Gasteiger partial charge in [0, 0.05) is 6.54 Å². The Balaban J connectivity index is 2.47. The molecule has 4 nitrogen and oxygen atoms in total. The number of aliphatic hydroxyl groups is 1. The summed E-state index contributed by atoms with van der Waals surface area (Å²) < 4.78 is 6.01. The molecule has 0 aliphatic heterocycles. The summed E-state index contributed by atoms with van der Waals surface area (Å²) in [6, 6.07) is 5.77. The highest BCUT2D eigenvalue weighted by molar-refractivity contribution is 9.10. The monoisotopic (exact) mass is 301 g/mol. The average molecular weight is 302 g/mol. The smallest absolute Gasteiger partial charge is 0.248 e. The quantitative estimate of drug-likeness (QED) is 0.866. The van der Waals surface area contributed by atoms with Gasteiger partial charge in [0.05, 0.1) is 11.6 Å². The van der Waals surface area contributed by atoms with Crippen molar-refractivity contribution in [1.82, 2.24) is 5.32 Å². The highest BCUT2D eigenvalue weighted by Crippen LogP contribution is 2.25. The summed E-state index contributed by atoms with van der Waals surface area (Å²) in [6.45, 7) is 1.95. The van der Waals surface area contributed by atoms with Gasteiger partial charge in [-0.15, -0.1) is 0 Å². The lowest BCUT2D eigenvalue weighted by Crippen LogP contribution is -2.33. The molecule has 1 atom stereocenters. The zero-order valence-electron chi connectivity index (χ0n) is 9.87. The molecule has 0 spiro atoms. The number of halogens is 1. The molecule has 1 aromatic rings. The molecule has 5 heteroatoms. The summed E-state index contributed by atoms with van der Waals surface area (Å²) in [4.78, 5) is 11.1. The number of methoxy groups -OCH3 is 1. The number of carbonyl (C=O) groups is 1. The van der Waals surface area contributed by atoms with Gasteiger partial charge in [-0.3, -0.25) is 4.79 Å². The van der Waals surface area contributed by atoms with Gasteiger partial charge in [0.25, 0.3) is 0 Å². The summed E-state index contributed by atoms with van der Waals surface area (Å²) in [7, 11) is 1.61. The van der Waals surface area contributed by atoms with Crippen molar-refractivity contribution in [3.8, 4) is 5.75 Å². The summed E-state index contributed by atoms with van der Waals surface area (Å²) in [5, 5.41) is 11.6. The Hall–Kier alpha value is -1.07. The van der Waals surface area contributed by atoms with E-state index in [2.05, 4.69) is 21.2 Å². The van der Waals surface area contributed by atoms with Gasteiger partial charge in [-0.2, -0.15) is 0 Å². The predicted octanol–water partition coefficient (Wildman–Crippen LogP) is 1.50. The van der Waals surface area contributed by atoms with Crippen LogP contribution in [0.15, 0.2) is 22.7 Å². The van der Waals surface area contributed by atoms with E-state index >= 15 is 0 Å². The molecule has 0 radical (unpaired) electrons. The first-order valence-electron chi connectivity index (χ1n) is 5.32. The SMILES string of the molecule is COc1ccc(CCNC(=O)C(C)O)cc1Br. The van der Waals surface area contributed by atoms with Crippen molar-refractivity contribution in [3.05, 3.63) is 28.2 Å². The van der Waals surface area contributed by atoms with Crippen LogP contribution in [-0.2, 0) is 11.2 Å². The zero-order chi connectivity index (χ0) is 12.8. The van der Waals surface area contributed by atoms with Gasteiger partial charge in [-0.25, -0.2) is 0 Å². The lowest BCUT2D eigenvalue weighted by Gasteiger charge is -2.08. The average Bonchev–Trinajstić information content (AvgIpc) is 2.29. The topological polar surface area (TPSA) is 58.6 Å². The van der Waals surface area contributed by atoms with E-state index in [0.717, 1.165) is 15.8 Å². The van der Waals surface area contributed by atoms with Crippen LogP contribution >= 0.6 is 15.9 Å². The number of aliphatic hydroxyl groups excluding tert-OH is 1. The largest absolute Gasteiger partial charge is 0.496 e. The van der Waals surface area contributed by atoms with Crippen molar-refractivity contribution < 1.29 is 14.6 Å². The van der Waals surface area contributed by atoms with Crippen molar-refractivity contribution >= 4 is 21.8 Å². The molecule has 94 valence electrons. The molecule has 0 saturated heterocycles. The second-order valence-corrected chi connectivity index (χ2v) is 4.54. The van der Waals surface area contributed by atoms with Crippen LogP contribution in [0, 0.1) is 0 Å². The molecular formula is C12H16BrNO3. The second kappa shape index (κ2) is 6.61. The van der Waals surface area contributed by atoms with Gasteiger partial charge in [0.1, 0.15) is 11.9 Å². The molecule has 0 aromatic heterocycles. The van der Waals surface area contributed by atoms with Crippen molar-refractivity contribution in [3.63, 3.8) is 0 Å². The number of rotatable bonds is 5. The first-order valence-corrected chi connectivity index (χ1v) is 6.12. The number of hydrogen-bond donors (Lipinski definition) is 2. The van der Waals surface area contributed by atoms with E-state index < -0.39 is 6.10 Å². The normalized spacial score (nSPS) is 12.0. The Labute approximate surface area is 109 Å². The second-order valence-electron chi connectivity index (χ2n) is 3.69. The van der Waals surface area contributed by atoms with Gasteiger partial charge in [0.2, 0.25) is 5.91 Å². The summed E-state index contributed by atoms with van der Waals surface area (Å²) in [5.74, 6) is 0.430. The van der Waals surface area contributed by atoms with Gasteiger partial charge in [0.15, 0.2) is 0 Å². The highest BCUT2D eigenvalue weighted by Gasteiger charge is 2.07. The Morgan fingerprint density at radius 3 is 2.82 bits per heavy atom. The molecule has 0 heterocycles. The van der Waals surface area contributed by atoms with Crippen LogP contribution in [0.4, 0.5) is 0 Å². The molecular weight excluding hydrogens is 286 g/mol. The minimum atomic E-state index is -0.961. The third kappa shape index (κ3) is 4.36. The maximum absolute atomic E-state index is 11.1. The van der Waals surface area contributed by atoms with E-state index in [1.54, 1.807) is 7.11 Å². The predicted molar refractivity (Wildman–Crippen MR) is 69.1 cm³/mol. The maximum atomic E-state index is 11.1. The third-order valence-corrected chi connectivity index (χ3v) is 2.93. The standard InChI is InChI=1S/C12H16BrNO3/c1-8(15)12(16)14-6-5-9-3-4-11(17-2)10(13)7-9/h3-4,7-8,15H,5-6H2,1-2H3,(H,14,16). The number of benzene rings is 1. The van der Waals surface area contributed by atoms with Gasteiger partial charge in [-0.1, -0.05) is 6.07 Å². The van der Waals surface area contributed by atoms with Crippen molar-refractivity contribution in [2.45, 2.75) is 19.4 Å². The molecule has 1 aromatic carbocycles. The minimum Gasteiger partial charge on any atom is -0.496 e. The molecule has 0 fully saturated rings. The molecule has 17 heavy (non-hydrogen) atoms. The van der Waals surface area contributed by atoms with Crippen LogP contribution in [0.2, 0.25) is 0 Å². The number of hydrogen-bond acceptors (Lipinski definition) is 3. The van der Waals surface area contributed by atoms with Crippen LogP contribution in [0.25, 0.3) is 0 Å². The molecule has 0 aliphatic carbocycles. The molecule has 2 N–H and O–H groups in total. The fraction of sp³-hybridized carbons (Fsp3) is 0.417. The molecule has 0 saturated carbocycles. The molecule has 0 bridgehead atoms. The first-order chi connectivity index (χ1) is 8.04. The van der Waals surface area contributed by atoms with Crippen molar-refractivity contribution in [2.75, 3.05) is 13.7 Å². The van der Waals surface area contributed by atoms with Crippen LogP contribution in [-0.4, -0.2) is 30.8 Å². The van der Waals surface area contributed by atoms with E-state index in [9.17, 15) is 4.79 Å².